The molecule has 0 radical (unpaired) electrons. The molecule has 2 rings (SSSR count). The molecule has 1 aliphatic rings. The van der Waals surface area contributed by atoms with Gasteiger partial charge in [-0.25, -0.2) is 0 Å². The van der Waals surface area contributed by atoms with Crippen molar-refractivity contribution >= 4 is 5.69 Å². The highest BCUT2D eigenvalue weighted by Gasteiger charge is 2.23. The summed E-state index contributed by atoms with van der Waals surface area (Å²) in [5, 5.41) is 12.5. The van der Waals surface area contributed by atoms with E-state index in [1.54, 1.807) is 14.2 Å². The van der Waals surface area contributed by atoms with Crippen molar-refractivity contribution in [3.05, 3.63) is 17.7 Å². The molecule has 1 heterocycles. The topological polar surface area (TPSA) is 50.7 Å². The van der Waals surface area contributed by atoms with E-state index in [4.69, 9.17) is 9.47 Å². The van der Waals surface area contributed by atoms with Crippen LogP contribution in [0.1, 0.15) is 5.56 Å². The summed E-state index contributed by atoms with van der Waals surface area (Å²) in [5.41, 5.74) is 2.08. The zero-order valence-corrected chi connectivity index (χ0v) is 9.62. The molecule has 0 bridgehead atoms. The zero-order valence-electron chi connectivity index (χ0n) is 9.62. The molecule has 1 unspecified atom stereocenters. The van der Waals surface area contributed by atoms with E-state index in [-0.39, 0.29) is 12.5 Å². The molecular weight excluding hydrogens is 206 g/mol. The van der Waals surface area contributed by atoms with Crippen molar-refractivity contribution in [1.29, 1.82) is 0 Å². The number of aliphatic hydroxyl groups excluding tert-OH is 1. The lowest BCUT2D eigenvalue weighted by molar-refractivity contribution is 0.229. The Hall–Kier alpha value is -1.42. The van der Waals surface area contributed by atoms with E-state index in [2.05, 4.69) is 5.32 Å². The van der Waals surface area contributed by atoms with Crippen LogP contribution >= 0.6 is 0 Å². The van der Waals surface area contributed by atoms with Gasteiger partial charge in [0.2, 0.25) is 0 Å². The summed E-state index contributed by atoms with van der Waals surface area (Å²) in [5.74, 6) is 1.92. The van der Waals surface area contributed by atoms with Gasteiger partial charge in [0.15, 0.2) is 0 Å². The number of benzene rings is 1. The molecule has 0 saturated carbocycles. The summed E-state index contributed by atoms with van der Waals surface area (Å²) < 4.78 is 10.6. The lowest BCUT2D eigenvalue weighted by Crippen LogP contribution is -2.26. The standard InChI is InChI=1S/C12H17NO3/c1-15-10-3-4-11(16-2)12-9(10)5-8(7-14)6-13-12/h3-4,8,13-14H,5-7H2,1-2H3. The monoisotopic (exact) mass is 223 g/mol. The van der Waals surface area contributed by atoms with Crippen molar-refractivity contribution in [2.45, 2.75) is 6.42 Å². The van der Waals surface area contributed by atoms with E-state index in [0.29, 0.717) is 0 Å². The van der Waals surface area contributed by atoms with E-state index in [1.807, 2.05) is 12.1 Å². The molecule has 0 aliphatic carbocycles. The minimum Gasteiger partial charge on any atom is -0.496 e. The van der Waals surface area contributed by atoms with Crippen LogP contribution in [0, 0.1) is 5.92 Å². The number of anilines is 1. The van der Waals surface area contributed by atoms with Crippen LogP contribution in [0.5, 0.6) is 11.5 Å². The smallest absolute Gasteiger partial charge is 0.142 e. The summed E-state index contributed by atoms with van der Waals surface area (Å²) in [6.45, 7) is 0.958. The fourth-order valence-corrected chi connectivity index (χ4v) is 2.10. The third kappa shape index (κ3) is 1.80. The van der Waals surface area contributed by atoms with E-state index in [9.17, 15) is 5.11 Å². The highest BCUT2D eigenvalue weighted by Crippen LogP contribution is 2.39. The SMILES string of the molecule is COc1ccc(OC)c2c1CC(CO)CN2. The van der Waals surface area contributed by atoms with Crippen molar-refractivity contribution in [2.24, 2.45) is 5.92 Å². The molecule has 88 valence electrons. The zero-order chi connectivity index (χ0) is 11.5. The average Bonchev–Trinajstić information content (AvgIpc) is 2.36. The van der Waals surface area contributed by atoms with Gasteiger partial charge in [-0.05, 0) is 18.6 Å². The van der Waals surface area contributed by atoms with Crippen LogP contribution in [-0.4, -0.2) is 32.5 Å². The van der Waals surface area contributed by atoms with Gasteiger partial charge in [0.05, 0.1) is 19.9 Å². The lowest BCUT2D eigenvalue weighted by Gasteiger charge is -2.27. The van der Waals surface area contributed by atoms with Crippen molar-refractivity contribution in [1.82, 2.24) is 0 Å². The highest BCUT2D eigenvalue weighted by molar-refractivity contribution is 5.68. The van der Waals surface area contributed by atoms with E-state index >= 15 is 0 Å². The van der Waals surface area contributed by atoms with Crippen molar-refractivity contribution < 1.29 is 14.6 Å². The first-order valence-corrected chi connectivity index (χ1v) is 5.38. The van der Waals surface area contributed by atoms with E-state index in [1.165, 1.54) is 0 Å². The Labute approximate surface area is 95.2 Å². The number of rotatable bonds is 3. The van der Waals surface area contributed by atoms with Crippen LogP contribution < -0.4 is 14.8 Å². The first kappa shape index (κ1) is 11.1. The van der Waals surface area contributed by atoms with Crippen molar-refractivity contribution in [2.75, 3.05) is 32.7 Å². The number of nitrogens with one attached hydrogen (secondary N) is 1. The van der Waals surface area contributed by atoms with Crippen LogP contribution in [0.25, 0.3) is 0 Å². The Bertz CT molecular complexity index is 379. The number of aliphatic hydroxyl groups is 1. The van der Waals surface area contributed by atoms with Gasteiger partial charge in [-0.15, -0.1) is 0 Å². The van der Waals surface area contributed by atoms with Gasteiger partial charge in [-0.2, -0.15) is 0 Å². The second-order valence-corrected chi connectivity index (χ2v) is 3.96. The second kappa shape index (κ2) is 4.61. The molecule has 4 heteroatoms. The summed E-state index contributed by atoms with van der Waals surface area (Å²) in [4.78, 5) is 0. The van der Waals surface area contributed by atoms with E-state index in [0.717, 1.165) is 35.7 Å². The largest absolute Gasteiger partial charge is 0.496 e. The summed E-state index contributed by atoms with van der Waals surface area (Å²) in [7, 11) is 3.31. The first-order valence-electron chi connectivity index (χ1n) is 5.38. The van der Waals surface area contributed by atoms with Crippen LogP contribution in [0.3, 0.4) is 0 Å². The summed E-state index contributed by atoms with van der Waals surface area (Å²) >= 11 is 0. The fraction of sp³-hybridized carbons (Fsp3) is 0.500. The normalized spacial score (nSPS) is 18.6. The molecular formula is C12H17NO3. The maximum Gasteiger partial charge on any atom is 0.142 e. The average molecular weight is 223 g/mol. The van der Waals surface area contributed by atoms with Gasteiger partial charge in [0, 0.05) is 24.6 Å². The quantitative estimate of drug-likeness (QED) is 0.810. The summed E-state index contributed by atoms with van der Waals surface area (Å²) in [6, 6.07) is 3.79. The predicted molar refractivity (Wildman–Crippen MR) is 62.3 cm³/mol. The first-order chi connectivity index (χ1) is 7.80. The maximum atomic E-state index is 9.19. The lowest BCUT2D eigenvalue weighted by atomic mass is 9.93. The van der Waals surface area contributed by atoms with Gasteiger partial charge in [0.25, 0.3) is 0 Å². The molecule has 16 heavy (non-hydrogen) atoms. The Morgan fingerprint density at radius 3 is 2.62 bits per heavy atom. The summed E-state index contributed by atoms with van der Waals surface area (Å²) in [6.07, 6.45) is 0.819. The Morgan fingerprint density at radius 1 is 1.31 bits per heavy atom. The molecule has 0 spiro atoms. The van der Waals surface area contributed by atoms with Crippen molar-refractivity contribution in [3.8, 4) is 11.5 Å². The third-order valence-electron chi connectivity index (χ3n) is 2.99. The van der Waals surface area contributed by atoms with Gasteiger partial charge in [-0.3, -0.25) is 0 Å². The number of fused-ring (bicyclic) bond motifs is 1. The Morgan fingerprint density at radius 2 is 2.00 bits per heavy atom. The minimum atomic E-state index is 0.187. The number of hydrogen-bond donors (Lipinski definition) is 2. The van der Waals surface area contributed by atoms with Gasteiger partial charge >= 0.3 is 0 Å². The van der Waals surface area contributed by atoms with Crippen LogP contribution in [0.2, 0.25) is 0 Å². The molecule has 0 amide bonds. The molecule has 0 fully saturated rings. The minimum absolute atomic E-state index is 0.187. The fourth-order valence-electron chi connectivity index (χ4n) is 2.10. The third-order valence-corrected chi connectivity index (χ3v) is 2.99. The molecule has 0 aromatic heterocycles. The van der Waals surface area contributed by atoms with Gasteiger partial charge < -0.3 is 19.9 Å². The van der Waals surface area contributed by atoms with Gasteiger partial charge in [-0.1, -0.05) is 0 Å². The number of hydrogen-bond acceptors (Lipinski definition) is 4. The van der Waals surface area contributed by atoms with Gasteiger partial charge in [0.1, 0.15) is 11.5 Å². The predicted octanol–water partition coefficient (Wildman–Crippen LogP) is 1.28. The molecule has 1 aliphatic heterocycles. The highest BCUT2D eigenvalue weighted by atomic mass is 16.5. The molecule has 2 N–H and O–H groups in total. The van der Waals surface area contributed by atoms with Crippen LogP contribution in [0.15, 0.2) is 12.1 Å². The number of ether oxygens (including phenoxy) is 2. The Kier molecular flexibility index (Phi) is 3.19. The molecule has 1 atom stereocenters. The maximum absolute atomic E-state index is 9.19. The molecule has 4 nitrogen and oxygen atoms in total. The number of methoxy groups -OCH3 is 2. The second-order valence-electron chi connectivity index (χ2n) is 3.96. The van der Waals surface area contributed by atoms with E-state index < -0.39 is 0 Å². The van der Waals surface area contributed by atoms with Crippen LogP contribution in [-0.2, 0) is 6.42 Å². The van der Waals surface area contributed by atoms with Crippen LogP contribution in [0.4, 0.5) is 5.69 Å². The molecule has 1 aromatic rings. The Balaban J connectivity index is 2.42. The molecule has 0 saturated heterocycles. The molecule has 1 aromatic carbocycles. The van der Waals surface area contributed by atoms with Crippen molar-refractivity contribution in [3.63, 3.8) is 0 Å².